The minimum Gasteiger partial charge on any atom is -0.309 e. The van der Waals surface area contributed by atoms with Gasteiger partial charge in [0.1, 0.15) is 0 Å². The van der Waals surface area contributed by atoms with Gasteiger partial charge in [0.05, 0.1) is 0 Å². The van der Waals surface area contributed by atoms with Crippen molar-refractivity contribution < 1.29 is 0 Å². The summed E-state index contributed by atoms with van der Waals surface area (Å²) >= 11 is 0. The Morgan fingerprint density at radius 1 is 1.29 bits per heavy atom. The number of nitrogens with zero attached hydrogens (tertiary/aromatic N) is 2. The summed E-state index contributed by atoms with van der Waals surface area (Å²) < 4.78 is 0. The Hall–Kier alpha value is -0.120. The fourth-order valence-electron chi connectivity index (χ4n) is 3.38. The lowest BCUT2D eigenvalue weighted by Gasteiger charge is -2.44. The van der Waals surface area contributed by atoms with Gasteiger partial charge in [-0.25, -0.2) is 0 Å². The van der Waals surface area contributed by atoms with Gasteiger partial charge < -0.3 is 10.2 Å². The van der Waals surface area contributed by atoms with Crippen LogP contribution in [0.15, 0.2) is 0 Å². The highest BCUT2D eigenvalue weighted by Gasteiger charge is 2.38. The van der Waals surface area contributed by atoms with E-state index in [-0.39, 0.29) is 0 Å². The highest BCUT2D eigenvalue weighted by atomic mass is 15.2. The first-order valence-corrected chi connectivity index (χ1v) is 7.25. The molecule has 17 heavy (non-hydrogen) atoms. The summed E-state index contributed by atoms with van der Waals surface area (Å²) in [5.74, 6) is 0. The second kappa shape index (κ2) is 5.68. The largest absolute Gasteiger partial charge is 0.309 e. The average molecular weight is 239 g/mol. The van der Waals surface area contributed by atoms with Crippen LogP contribution in [0.2, 0.25) is 0 Å². The second-order valence-corrected chi connectivity index (χ2v) is 6.33. The van der Waals surface area contributed by atoms with E-state index in [1.165, 1.54) is 58.3 Å². The number of piperazine rings is 1. The molecular weight excluding hydrogens is 210 g/mol. The predicted octanol–water partition coefficient (Wildman–Crippen LogP) is 1.54. The van der Waals surface area contributed by atoms with E-state index >= 15 is 0 Å². The molecule has 2 aliphatic rings. The lowest BCUT2D eigenvalue weighted by atomic mass is 9.93. The third-order valence-electron chi connectivity index (χ3n) is 4.58. The van der Waals surface area contributed by atoms with Gasteiger partial charge in [-0.15, -0.1) is 0 Å². The molecule has 1 aliphatic carbocycles. The average Bonchev–Trinajstić information content (AvgIpc) is 2.74. The topological polar surface area (TPSA) is 18.5 Å². The van der Waals surface area contributed by atoms with Crippen LogP contribution in [0.4, 0.5) is 0 Å². The van der Waals surface area contributed by atoms with Gasteiger partial charge in [-0.3, -0.25) is 4.90 Å². The monoisotopic (exact) mass is 239 g/mol. The van der Waals surface area contributed by atoms with Gasteiger partial charge in [0.2, 0.25) is 0 Å². The van der Waals surface area contributed by atoms with Crippen LogP contribution in [0.25, 0.3) is 0 Å². The Kier molecular flexibility index (Phi) is 4.45. The van der Waals surface area contributed by atoms with Crippen LogP contribution in [0.5, 0.6) is 0 Å². The summed E-state index contributed by atoms with van der Waals surface area (Å²) in [7, 11) is 4.34. The number of nitrogens with one attached hydrogen (secondary N) is 1. The van der Waals surface area contributed by atoms with Crippen LogP contribution < -0.4 is 5.32 Å². The standard InChI is InChI=1S/C14H29N3/c1-13(6-10-16(2)3)17-11-9-15-14(12-17)7-4-5-8-14/h13,15H,4-12H2,1-3H3. The van der Waals surface area contributed by atoms with Crippen molar-refractivity contribution in [1.82, 2.24) is 15.1 Å². The van der Waals surface area contributed by atoms with Crippen molar-refractivity contribution in [2.45, 2.75) is 50.6 Å². The zero-order valence-corrected chi connectivity index (χ0v) is 11.8. The quantitative estimate of drug-likeness (QED) is 0.803. The molecule has 1 saturated heterocycles. The normalized spacial score (nSPS) is 26.8. The van der Waals surface area contributed by atoms with E-state index in [9.17, 15) is 0 Å². The molecule has 1 N–H and O–H groups in total. The predicted molar refractivity (Wildman–Crippen MR) is 73.4 cm³/mol. The van der Waals surface area contributed by atoms with Crippen LogP contribution in [-0.2, 0) is 0 Å². The summed E-state index contributed by atoms with van der Waals surface area (Å²) in [6.07, 6.45) is 6.93. The molecule has 1 heterocycles. The van der Waals surface area contributed by atoms with Crippen LogP contribution in [0.3, 0.4) is 0 Å². The lowest BCUT2D eigenvalue weighted by Crippen LogP contribution is -2.60. The molecule has 1 atom stereocenters. The van der Waals surface area contributed by atoms with E-state index in [1.54, 1.807) is 0 Å². The van der Waals surface area contributed by atoms with E-state index in [4.69, 9.17) is 0 Å². The maximum Gasteiger partial charge on any atom is 0.0309 e. The molecule has 0 radical (unpaired) electrons. The second-order valence-electron chi connectivity index (χ2n) is 6.33. The van der Waals surface area contributed by atoms with Crippen LogP contribution in [0, 0.1) is 0 Å². The SMILES string of the molecule is CC(CCN(C)C)N1CCNC2(CCCC2)C1. The first-order chi connectivity index (χ1) is 8.11. The van der Waals surface area contributed by atoms with Crippen molar-refractivity contribution in [1.29, 1.82) is 0 Å². The van der Waals surface area contributed by atoms with Gasteiger partial charge >= 0.3 is 0 Å². The van der Waals surface area contributed by atoms with Gasteiger partial charge in [0.25, 0.3) is 0 Å². The molecule has 0 aromatic heterocycles. The van der Waals surface area contributed by atoms with Gasteiger partial charge in [-0.1, -0.05) is 12.8 Å². The molecule has 3 nitrogen and oxygen atoms in total. The van der Waals surface area contributed by atoms with E-state index in [0.29, 0.717) is 5.54 Å². The molecule has 1 spiro atoms. The molecule has 1 unspecified atom stereocenters. The minimum absolute atomic E-state index is 0.477. The zero-order chi connectivity index (χ0) is 12.3. The summed E-state index contributed by atoms with van der Waals surface area (Å²) in [5, 5.41) is 3.79. The molecule has 0 aromatic rings. The van der Waals surface area contributed by atoms with Crippen molar-refractivity contribution in [3.63, 3.8) is 0 Å². The van der Waals surface area contributed by atoms with E-state index in [2.05, 4.69) is 36.1 Å². The summed E-state index contributed by atoms with van der Waals surface area (Å²) in [6, 6.07) is 0.733. The minimum atomic E-state index is 0.477. The van der Waals surface area contributed by atoms with E-state index in [1.807, 2.05) is 0 Å². The van der Waals surface area contributed by atoms with Crippen molar-refractivity contribution in [2.24, 2.45) is 0 Å². The third kappa shape index (κ3) is 3.43. The Labute approximate surface area is 107 Å². The zero-order valence-electron chi connectivity index (χ0n) is 11.8. The van der Waals surface area contributed by atoms with Crippen molar-refractivity contribution in [3.8, 4) is 0 Å². The summed E-state index contributed by atoms with van der Waals surface area (Å²) in [5.41, 5.74) is 0.477. The highest BCUT2D eigenvalue weighted by Crippen LogP contribution is 2.32. The molecule has 0 aromatic carbocycles. The lowest BCUT2D eigenvalue weighted by molar-refractivity contribution is 0.0933. The first kappa shape index (κ1) is 13.3. The Morgan fingerprint density at radius 2 is 2.00 bits per heavy atom. The maximum atomic E-state index is 3.79. The molecule has 0 bridgehead atoms. The van der Waals surface area contributed by atoms with Crippen molar-refractivity contribution >= 4 is 0 Å². The summed E-state index contributed by atoms with van der Waals surface area (Å²) in [6.45, 7) is 7.31. The van der Waals surface area contributed by atoms with Gasteiger partial charge in [-0.05, 0) is 46.8 Å². The Morgan fingerprint density at radius 3 is 2.65 bits per heavy atom. The van der Waals surface area contributed by atoms with Gasteiger partial charge in [0.15, 0.2) is 0 Å². The number of rotatable bonds is 4. The first-order valence-electron chi connectivity index (χ1n) is 7.25. The fourth-order valence-corrected chi connectivity index (χ4v) is 3.38. The molecule has 100 valence electrons. The van der Waals surface area contributed by atoms with Crippen LogP contribution in [-0.4, -0.2) is 61.7 Å². The molecular formula is C14H29N3. The van der Waals surface area contributed by atoms with Gasteiger partial charge in [-0.2, -0.15) is 0 Å². The fraction of sp³-hybridized carbons (Fsp3) is 1.00. The molecule has 0 amide bonds. The molecule has 1 saturated carbocycles. The van der Waals surface area contributed by atoms with E-state index in [0.717, 1.165) is 6.04 Å². The summed E-state index contributed by atoms with van der Waals surface area (Å²) in [4.78, 5) is 5.01. The molecule has 2 rings (SSSR count). The Bertz CT molecular complexity index is 234. The Balaban J connectivity index is 1.84. The van der Waals surface area contributed by atoms with Crippen molar-refractivity contribution in [2.75, 3.05) is 40.3 Å². The maximum absolute atomic E-state index is 3.79. The van der Waals surface area contributed by atoms with Crippen LogP contribution in [0.1, 0.15) is 39.0 Å². The molecule has 3 heteroatoms. The van der Waals surface area contributed by atoms with Crippen molar-refractivity contribution in [3.05, 3.63) is 0 Å². The number of hydrogen-bond acceptors (Lipinski definition) is 3. The molecule has 2 fully saturated rings. The molecule has 1 aliphatic heterocycles. The highest BCUT2D eigenvalue weighted by molar-refractivity contribution is 4.99. The third-order valence-corrected chi connectivity index (χ3v) is 4.58. The van der Waals surface area contributed by atoms with E-state index < -0.39 is 0 Å². The van der Waals surface area contributed by atoms with Crippen LogP contribution >= 0.6 is 0 Å². The van der Waals surface area contributed by atoms with Gasteiger partial charge in [0, 0.05) is 31.2 Å². The number of hydrogen-bond donors (Lipinski definition) is 1. The smallest absolute Gasteiger partial charge is 0.0309 e.